The molecule has 26 heavy (non-hydrogen) atoms. The molecule has 1 amide bonds. The van der Waals surface area contributed by atoms with E-state index in [1.165, 1.54) is 50.8 Å². The molecule has 0 spiro atoms. The van der Waals surface area contributed by atoms with Gasteiger partial charge in [-0.15, -0.1) is 0 Å². The maximum absolute atomic E-state index is 13.6. The van der Waals surface area contributed by atoms with Crippen LogP contribution in [0.1, 0.15) is 5.56 Å². The molecule has 0 aliphatic rings. The van der Waals surface area contributed by atoms with Crippen LogP contribution >= 0.6 is 11.6 Å². The highest BCUT2D eigenvalue weighted by atomic mass is 35.5. The third-order valence-corrected chi connectivity index (χ3v) is 3.36. The Morgan fingerprint density at radius 2 is 2.04 bits per heavy atom. The summed E-state index contributed by atoms with van der Waals surface area (Å²) < 4.78 is 18.4. The van der Waals surface area contributed by atoms with Crippen LogP contribution in [0.3, 0.4) is 0 Å². The number of allylic oxidation sites excluding steroid dienone is 1. The van der Waals surface area contributed by atoms with Gasteiger partial charge in [0.1, 0.15) is 11.5 Å². The Balaban J connectivity index is 2.26. The normalized spacial score (nSPS) is 11.8. The highest BCUT2D eigenvalue weighted by molar-refractivity contribution is 6.31. The van der Waals surface area contributed by atoms with Crippen LogP contribution in [0.15, 0.2) is 52.4 Å². The third kappa shape index (κ3) is 4.93. The first kappa shape index (κ1) is 19.2. The Bertz CT molecular complexity index is 861. The molecule has 0 saturated carbocycles. The molecule has 0 fully saturated rings. The lowest BCUT2D eigenvalue weighted by atomic mass is 10.1. The van der Waals surface area contributed by atoms with Crippen molar-refractivity contribution in [3.05, 3.63) is 58.8 Å². The van der Waals surface area contributed by atoms with E-state index in [-0.39, 0.29) is 16.7 Å². The van der Waals surface area contributed by atoms with Crippen LogP contribution < -0.4 is 10.1 Å². The molecule has 0 aliphatic heterocycles. The zero-order valence-corrected chi connectivity index (χ0v) is 14.8. The summed E-state index contributed by atoms with van der Waals surface area (Å²) in [6.45, 7) is 3.38. The van der Waals surface area contributed by atoms with E-state index in [1.807, 2.05) is 0 Å². The molecule has 1 N–H and O–H groups in total. The number of nitrogens with one attached hydrogen (secondary N) is 1. The minimum Gasteiger partial charge on any atom is -0.467 e. The largest absolute Gasteiger partial charge is 0.467 e. The number of benzene rings is 1. The van der Waals surface area contributed by atoms with E-state index in [0.29, 0.717) is 17.0 Å². The molecule has 0 saturated heterocycles. The van der Waals surface area contributed by atoms with Crippen molar-refractivity contribution in [2.24, 2.45) is 9.98 Å². The molecule has 134 valence electrons. The van der Waals surface area contributed by atoms with Crippen molar-refractivity contribution < 1.29 is 13.9 Å². The Labute approximate surface area is 154 Å². The maximum Gasteiger partial charge on any atom is 0.316 e. The molecule has 0 atom stereocenters. The van der Waals surface area contributed by atoms with Crippen LogP contribution in [0, 0.1) is 5.82 Å². The van der Waals surface area contributed by atoms with Gasteiger partial charge in [0, 0.05) is 17.6 Å². The minimum absolute atomic E-state index is 0.0261. The van der Waals surface area contributed by atoms with Gasteiger partial charge in [0.15, 0.2) is 0 Å². The van der Waals surface area contributed by atoms with Crippen molar-refractivity contribution in [1.82, 2.24) is 9.97 Å². The lowest BCUT2D eigenvalue weighted by Gasteiger charge is -2.07. The molecule has 0 aliphatic carbocycles. The van der Waals surface area contributed by atoms with Crippen LogP contribution in [-0.4, -0.2) is 42.5 Å². The van der Waals surface area contributed by atoms with Crippen molar-refractivity contribution in [2.75, 3.05) is 19.5 Å². The molecule has 2 rings (SSSR count). The van der Waals surface area contributed by atoms with Gasteiger partial charge < -0.3 is 10.1 Å². The predicted molar refractivity (Wildman–Crippen MR) is 98.7 cm³/mol. The highest BCUT2D eigenvalue weighted by Gasteiger charge is 2.12. The van der Waals surface area contributed by atoms with Crippen molar-refractivity contribution in [2.45, 2.75) is 0 Å². The summed E-state index contributed by atoms with van der Waals surface area (Å²) in [5.74, 6) is -1.08. The summed E-state index contributed by atoms with van der Waals surface area (Å²) >= 11 is 5.86. The number of nitrogens with zero attached hydrogens (tertiary/aromatic N) is 4. The van der Waals surface area contributed by atoms with Gasteiger partial charge in [0.05, 0.1) is 30.9 Å². The molecule has 0 radical (unpaired) electrons. The molecular formula is C17H15ClFN5O2. The van der Waals surface area contributed by atoms with Crippen molar-refractivity contribution in [3.63, 3.8) is 0 Å². The standard InChI is InChI=1S/C17H15ClFN5O2/c1-20-14(10-4-11(18)6-12(19)5-10)7-15(21-2)16(25)24-13-8-22-17(26-3)23-9-13/h4-9H,2H2,1,3H3,(H,24,25)/b15-7-,20-14+. The second kappa shape index (κ2) is 8.82. The number of rotatable bonds is 6. The summed E-state index contributed by atoms with van der Waals surface area (Å²) in [6.07, 6.45) is 4.13. The Hall–Kier alpha value is -3.13. The number of hydrogen-bond donors (Lipinski definition) is 1. The fourth-order valence-electron chi connectivity index (χ4n) is 1.97. The van der Waals surface area contributed by atoms with Crippen molar-refractivity contribution in [1.29, 1.82) is 0 Å². The van der Waals surface area contributed by atoms with Gasteiger partial charge in [-0.3, -0.25) is 14.8 Å². The van der Waals surface area contributed by atoms with Gasteiger partial charge in [-0.1, -0.05) is 11.6 Å². The molecule has 1 aromatic carbocycles. The van der Waals surface area contributed by atoms with Gasteiger partial charge in [0.25, 0.3) is 5.91 Å². The zero-order valence-electron chi connectivity index (χ0n) is 14.0. The third-order valence-electron chi connectivity index (χ3n) is 3.14. The highest BCUT2D eigenvalue weighted by Crippen LogP contribution is 2.17. The van der Waals surface area contributed by atoms with E-state index in [2.05, 4.69) is 32.0 Å². The minimum atomic E-state index is -0.558. The van der Waals surface area contributed by atoms with E-state index >= 15 is 0 Å². The van der Waals surface area contributed by atoms with Gasteiger partial charge in [-0.05, 0) is 31.0 Å². The zero-order chi connectivity index (χ0) is 19.1. The van der Waals surface area contributed by atoms with Gasteiger partial charge in [-0.2, -0.15) is 0 Å². The quantitative estimate of drug-likeness (QED) is 0.621. The number of aromatic nitrogens is 2. The molecule has 1 heterocycles. The molecule has 7 nitrogen and oxygen atoms in total. The molecule has 1 aromatic heterocycles. The second-order valence-corrected chi connectivity index (χ2v) is 5.30. The Morgan fingerprint density at radius 3 is 2.58 bits per heavy atom. The average molecular weight is 376 g/mol. The predicted octanol–water partition coefficient (Wildman–Crippen LogP) is 2.92. The molecular weight excluding hydrogens is 361 g/mol. The van der Waals surface area contributed by atoms with Crippen LogP contribution in [0.5, 0.6) is 6.01 Å². The fraction of sp³-hybridized carbons (Fsp3) is 0.118. The summed E-state index contributed by atoms with van der Waals surface area (Å²) in [5.41, 5.74) is 1.03. The molecule has 0 unspecified atom stereocenters. The summed E-state index contributed by atoms with van der Waals surface area (Å²) in [5, 5.41) is 2.78. The number of halogens is 2. The second-order valence-electron chi connectivity index (χ2n) is 4.87. The van der Waals surface area contributed by atoms with Gasteiger partial charge >= 0.3 is 6.01 Å². The van der Waals surface area contributed by atoms with Gasteiger partial charge in [-0.25, -0.2) is 14.4 Å². The smallest absolute Gasteiger partial charge is 0.316 e. The van der Waals surface area contributed by atoms with Crippen LogP contribution in [0.4, 0.5) is 10.1 Å². The summed E-state index contributed by atoms with van der Waals surface area (Å²) in [7, 11) is 2.93. The number of amides is 1. The molecule has 2 aromatic rings. The van der Waals surface area contributed by atoms with E-state index in [4.69, 9.17) is 16.3 Å². The topological polar surface area (TPSA) is 88.8 Å². The summed E-state index contributed by atoms with van der Waals surface area (Å²) in [6, 6.07) is 4.12. The first-order valence-corrected chi connectivity index (χ1v) is 7.63. The van der Waals surface area contributed by atoms with Gasteiger partial charge in [0.2, 0.25) is 0 Å². The maximum atomic E-state index is 13.6. The fourth-order valence-corrected chi connectivity index (χ4v) is 2.19. The van der Waals surface area contributed by atoms with E-state index in [0.717, 1.165) is 0 Å². The first-order chi connectivity index (χ1) is 12.5. The van der Waals surface area contributed by atoms with Crippen molar-refractivity contribution in [3.8, 4) is 6.01 Å². The summed E-state index contributed by atoms with van der Waals surface area (Å²) in [4.78, 5) is 27.9. The Morgan fingerprint density at radius 1 is 1.35 bits per heavy atom. The van der Waals surface area contributed by atoms with Crippen LogP contribution in [-0.2, 0) is 4.79 Å². The van der Waals surface area contributed by atoms with Crippen LogP contribution in [0.2, 0.25) is 5.02 Å². The number of methoxy groups -OCH3 is 1. The number of ether oxygens (including phenoxy) is 1. The number of carbonyl (C=O) groups excluding carboxylic acids is 1. The molecule has 9 heteroatoms. The SMILES string of the molecule is C=N/C(=C\C(=N/C)c1cc(F)cc(Cl)c1)C(=O)Nc1cnc(OC)nc1. The van der Waals surface area contributed by atoms with E-state index in [9.17, 15) is 9.18 Å². The molecule has 0 bridgehead atoms. The number of hydrogen-bond acceptors (Lipinski definition) is 6. The van der Waals surface area contributed by atoms with Crippen molar-refractivity contribution >= 4 is 35.6 Å². The first-order valence-electron chi connectivity index (χ1n) is 7.26. The van der Waals surface area contributed by atoms with E-state index in [1.54, 1.807) is 0 Å². The Kier molecular flexibility index (Phi) is 6.51. The number of anilines is 1. The van der Waals surface area contributed by atoms with Crippen LogP contribution in [0.25, 0.3) is 0 Å². The van der Waals surface area contributed by atoms with E-state index < -0.39 is 11.7 Å². The number of aliphatic imine (C=N–C) groups is 2. The number of carbonyl (C=O) groups is 1. The lowest BCUT2D eigenvalue weighted by molar-refractivity contribution is -0.112. The average Bonchev–Trinajstić information content (AvgIpc) is 2.62. The monoisotopic (exact) mass is 375 g/mol. The lowest BCUT2D eigenvalue weighted by Crippen LogP contribution is -2.15.